The molecule has 4 aromatic heterocycles. The summed E-state index contributed by atoms with van der Waals surface area (Å²) >= 11 is 15.0. The Morgan fingerprint density at radius 3 is 1.90 bits per heavy atom. The molecule has 0 aliphatic carbocycles. The molecule has 0 aliphatic heterocycles. The Balaban J connectivity index is 0.000000162. The van der Waals surface area contributed by atoms with Gasteiger partial charge in [0.1, 0.15) is 11.8 Å². The summed E-state index contributed by atoms with van der Waals surface area (Å²) in [6.45, 7) is 1.51. The lowest BCUT2D eigenvalue weighted by atomic mass is 10.1. The standard InChI is InChI=1S/2C19H16ClN5S/c20-14-6-8-15(9-7-14)26-19-23-16-17(21)22-12-25(18(16)24-19)11-10-13-4-2-1-3-5-13;20-14-6-8-15(9-7-14)26-19-24-16-17(21)22-12-23-18(16)25(19)11-10-13-4-2-1-3-5-13/h1-9,12,21H,10-11H2,(H,23,24);1-9,12H,10-11H2,(H2,21,22,23). The lowest BCUT2D eigenvalue weighted by molar-refractivity contribution is 0.647. The van der Waals surface area contributed by atoms with E-state index < -0.39 is 0 Å². The first-order chi connectivity index (χ1) is 25.4. The Morgan fingerprint density at radius 2 is 1.27 bits per heavy atom. The van der Waals surface area contributed by atoms with Crippen LogP contribution >= 0.6 is 46.7 Å². The summed E-state index contributed by atoms with van der Waals surface area (Å²) in [5, 5.41) is 11.0. The maximum absolute atomic E-state index is 8.06. The van der Waals surface area contributed by atoms with Gasteiger partial charge in [-0.05, 0) is 72.5 Å². The van der Waals surface area contributed by atoms with Crippen molar-refractivity contribution in [2.24, 2.45) is 0 Å². The average molecular weight is 764 g/mol. The predicted octanol–water partition coefficient (Wildman–Crippen LogP) is 8.74. The van der Waals surface area contributed by atoms with Crippen LogP contribution in [0.25, 0.3) is 22.3 Å². The molecule has 0 bridgehead atoms. The summed E-state index contributed by atoms with van der Waals surface area (Å²) in [6.07, 6.45) is 4.93. The molecule has 0 amide bonds. The van der Waals surface area contributed by atoms with E-state index in [1.807, 2.05) is 89.5 Å². The third-order valence-electron chi connectivity index (χ3n) is 8.03. The topological polar surface area (TPSA) is 140 Å². The zero-order chi connectivity index (χ0) is 35.9. The largest absolute Gasteiger partial charge is 0.382 e. The van der Waals surface area contributed by atoms with Crippen LogP contribution in [0.4, 0.5) is 5.82 Å². The highest BCUT2D eigenvalue weighted by molar-refractivity contribution is 7.99. The van der Waals surface area contributed by atoms with Gasteiger partial charge in [-0.25, -0.2) is 24.9 Å². The summed E-state index contributed by atoms with van der Waals surface area (Å²) < 4.78 is 4.09. The molecule has 14 heteroatoms. The van der Waals surface area contributed by atoms with Gasteiger partial charge in [0.25, 0.3) is 0 Å². The highest BCUT2D eigenvalue weighted by Gasteiger charge is 2.16. The Morgan fingerprint density at radius 1 is 0.673 bits per heavy atom. The van der Waals surface area contributed by atoms with E-state index in [1.165, 1.54) is 29.2 Å². The number of rotatable bonds is 10. The third-order valence-corrected chi connectivity index (χ3v) is 10.4. The zero-order valence-electron chi connectivity index (χ0n) is 27.7. The van der Waals surface area contributed by atoms with Crippen LogP contribution in [0.3, 0.4) is 0 Å². The highest BCUT2D eigenvalue weighted by Crippen LogP contribution is 2.32. The van der Waals surface area contributed by atoms with Gasteiger partial charge >= 0.3 is 0 Å². The first kappa shape index (κ1) is 35.3. The van der Waals surface area contributed by atoms with Crippen LogP contribution < -0.4 is 11.2 Å². The molecule has 4 aromatic carbocycles. The number of benzene rings is 4. The third kappa shape index (κ3) is 8.65. The van der Waals surface area contributed by atoms with Crippen LogP contribution in [0.15, 0.2) is 142 Å². The van der Waals surface area contributed by atoms with E-state index in [9.17, 15) is 0 Å². The van der Waals surface area contributed by atoms with E-state index in [-0.39, 0.29) is 5.49 Å². The number of imidazole rings is 2. The molecule has 52 heavy (non-hydrogen) atoms. The molecule has 0 saturated carbocycles. The molecule has 0 spiro atoms. The summed E-state index contributed by atoms with van der Waals surface area (Å²) in [5.41, 5.74) is 11.5. The SMILES string of the molecule is N=c1ncn(CCc2ccccc2)c2nc(Sc3ccc(Cl)cc3)[nH]c12.Nc1ncnc2c1nc(Sc1ccc(Cl)cc1)n2CCc1ccccc1. The van der Waals surface area contributed by atoms with Gasteiger partial charge in [0.05, 0.1) is 6.33 Å². The maximum atomic E-state index is 8.06. The minimum atomic E-state index is 0.200. The molecular weight excluding hydrogens is 732 g/mol. The fourth-order valence-electron chi connectivity index (χ4n) is 5.39. The van der Waals surface area contributed by atoms with Crippen LogP contribution in [-0.2, 0) is 25.9 Å². The molecule has 0 saturated heterocycles. The van der Waals surface area contributed by atoms with Crippen molar-refractivity contribution in [2.75, 3.05) is 5.73 Å². The number of anilines is 1. The quantitative estimate of drug-likeness (QED) is 0.126. The van der Waals surface area contributed by atoms with Gasteiger partial charge in [0, 0.05) is 32.9 Å². The molecule has 0 unspecified atom stereocenters. The second-order valence-electron chi connectivity index (χ2n) is 11.6. The van der Waals surface area contributed by atoms with Crippen LogP contribution in [0, 0.1) is 5.41 Å². The zero-order valence-corrected chi connectivity index (χ0v) is 30.8. The number of aromatic nitrogens is 8. The number of hydrogen-bond donors (Lipinski definition) is 3. The molecule has 8 rings (SSSR count). The van der Waals surface area contributed by atoms with Crippen LogP contribution in [0.2, 0.25) is 10.0 Å². The molecule has 0 fully saturated rings. The normalized spacial score (nSPS) is 11.1. The molecule has 0 atom stereocenters. The molecular formula is C38H32Cl2N10S2. The number of nitrogens with zero attached hydrogens (tertiary/aromatic N) is 7. The van der Waals surface area contributed by atoms with Crippen molar-refractivity contribution in [1.29, 1.82) is 5.41 Å². The highest BCUT2D eigenvalue weighted by atomic mass is 35.5. The van der Waals surface area contributed by atoms with Crippen molar-refractivity contribution < 1.29 is 0 Å². The fourth-order valence-corrected chi connectivity index (χ4v) is 7.33. The first-order valence-electron chi connectivity index (χ1n) is 16.3. The number of aryl methyl sites for hydroxylation is 4. The van der Waals surface area contributed by atoms with Crippen molar-refractivity contribution in [1.82, 2.24) is 39.0 Å². The molecule has 0 radical (unpaired) electrons. The maximum Gasteiger partial charge on any atom is 0.175 e. The van der Waals surface area contributed by atoms with Crippen molar-refractivity contribution >= 4 is 74.9 Å². The number of halogens is 2. The predicted molar refractivity (Wildman–Crippen MR) is 209 cm³/mol. The Kier molecular flexibility index (Phi) is 11.2. The second-order valence-corrected chi connectivity index (χ2v) is 14.6. The van der Waals surface area contributed by atoms with Gasteiger partial charge in [-0.15, -0.1) is 0 Å². The van der Waals surface area contributed by atoms with Crippen molar-refractivity contribution in [3.63, 3.8) is 0 Å². The summed E-state index contributed by atoms with van der Waals surface area (Å²) in [4.78, 5) is 27.3. The minimum Gasteiger partial charge on any atom is -0.382 e. The molecule has 0 aliphatic rings. The number of fused-ring (bicyclic) bond motifs is 2. The van der Waals surface area contributed by atoms with Gasteiger partial charge in [-0.1, -0.05) is 107 Å². The number of nitrogen functional groups attached to an aromatic ring is 1. The summed E-state index contributed by atoms with van der Waals surface area (Å²) in [7, 11) is 0. The van der Waals surface area contributed by atoms with Gasteiger partial charge in [-0.2, -0.15) is 0 Å². The van der Waals surface area contributed by atoms with Crippen molar-refractivity contribution in [3.8, 4) is 0 Å². The van der Waals surface area contributed by atoms with Gasteiger partial charge in [0.15, 0.2) is 38.4 Å². The molecule has 4 N–H and O–H groups in total. The number of hydrogen-bond acceptors (Lipinski definition) is 9. The van der Waals surface area contributed by atoms with E-state index in [1.54, 1.807) is 18.1 Å². The minimum absolute atomic E-state index is 0.200. The number of nitrogens with two attached hydrogens (primary N) is 1. The molecule has 260 valence electrons. The Hall–Kier alpha value is -5.14. The first-order valence-corrected chi connectivity index (χ1v) is 18.7. The average Bonchev–Trinajstić information content (AvgIpc) is 3.76. The van der Waals surface area contributed by atoms with Gasteiger partial charge < -0.3 is 19.9 Å². The molecule has 10 nitrogen and oxygen atoms in total. The number of H-pyrrole nitrogens is 1. The Bertz CT molecular complexity index is 2470. The number of aromatic amines is 1. The second kappa shape index (κ2) is 16.5. The summed E-state index contributed by atoms with van der Waals surface area (Å²) in [5.74, 6) is 0.395. The van der Waals surface area contributed by atoms with Crippen LogP contribution in [-0.4, -0.2) is 39.0 Å². The fraction of sp³-hybridized carbons (Fsp3) is 0.105. The van der Waals surface area contributed by atoms with E-state index >= 15 is 0 Å². The smallest absolute Gasteiger partial charge is 0.175 e. The van der Waals surface area contributed by atoms with Gasteiger partial charge in [0.2, 0.25) is 0 Å². The van der Waals surface area contributed by atoms with E-state index in [2.05, 4.69) is 58.7 Å². The van der Waals surface area contributed by atoms with E-state index in [0.29, 0.717) is 26.9 Å². The molecule has 4 heterocycles. The van der Waals surface area contributed by atoms with Crippen LogP contribution in [0.1, 0.15) is 11.1 Å². The molecule has 8 aromatic rings. The lowest BCUT2D eigenvalue weighted by Gasteiger charge is -2.08. The Labute approximate surface area is 318 Å². The van der Waals surface area contributed by atoms with E-state index in [0.717, 1.165) is 57.3 Å². The van der Waals surface area contributed by atoms with Crippen molar-refractivity contribution in [2.45, 2.75) is 46.0 Å². The number of nitrogens with one attached hydrogen (secondary N) is 2. The van der Waals surface area contributed by atoms with Gasteiger partial charge in [-0.3, -0.25) is 5.41 Å². The van der Waals surface area contributed by atoms with Crippen LogP contribution in [0.5, 0.6) is 0 Å². The van der Waals surface area contributed by atoms with E-state index in [4.69, 9.17) is 34.3 Å². The summed E-state index contributed by atoms with van der Waals surface area (Å²) in [6, 6.07) is 35.9. The lowest BCUT2D eigenvalue weighted by Crippen LogP contribution is -2.13. The monoisotopic (exact) mass is 762 g/mol. The van der Waals surface area contributed by atoms with Crippen molar-refractivity contribution in [3.05, 3.63) is 149 Å².